The highest BCUT2D eigenvalue weighted by Gasteiger charge is 2.18. The van der Waals surface area contributed by atoms with Crippen molar-refractivity contribution in [3.8, 4) is 11.5 Å². The summed E-state index contributed by atoms with van der Waals surface area (Å²) in [4.78, 5) is 0. The fraction of sp³-hybridized carbons (Fsp3) is 0.176. The Morgan fingerprint density at radius 2 is 1.70 bits per heavy atom. The predicted octanol–water partition coefficient (Wildman–Crippen LogP) is 3.04. The van der Waals surface area contributed by atoms with Crippen LogP contribution in [0.1, 0.15) is 5.56 Å². The number of hydrogen-bond acceptors (Lipinski definition) is 4. The van der Waals surface area contributed by atoms with Crippen LogP contribution in [0.15, 0.2) is 54.7 Å². The summed E-state index contributed by atoms with van der Waals surface area (Å²) in [5, 5.41) is 0.772. The molecular formula is C17H17NO4S. The van der Waals surface area contributed by atoms with E-state index in [1.807, 2.05) is 6.07 Å². The number of ether oxygens (including phenoxy) is 2. The molecule has 0 saturated carbocycles. The molecule has 23 heavy (non-hydrogen) atoms. The molecule has 0 atom stereocenters. The van der Waals surface area contributed by atoms with Gasteiger partial charge in [0.1, 0.15) is 11.5 Å². The summed E-state index contributed by atoms with van der Waals surface area (Å²) in [6, 6.07) is 14.1. The fourth-order valence-corrected chi connectivity index (χ4v) is 4.00. The average molecular weight is 331 g/mol. The Hall–Kier alpha value is -2.47. The number of aromatic nitrogens is 1. The van der Waals surface area contributed by atoms with E-state index in [9.17, 15) is 8.42 Å². The Labute approximate surface area is 135 Å². The quantitative estimate of drug-likeness (QED) is 0.721. The number of methoxy groups -OCH3 is 2. The van der Waals surface area contributed by atoms with Gasteiger partial charge < -0.3 is 9.47 Å². The lowest BCUT2D eigenvalue weighted by molar-refractivity contribution is 0.414. The monoisotopic (exact) mass is 331 g/mol. The third kappa shape index (κ3) is 2.90. The minimum atomic E-state index is -3.52. The molecule has 0 spiro atoms. The van der Waals surface area contributed by atoms with Crippen molar-refractivity contribution in [2.45, 2.75) is 5.75 Å². The van der Waals surface area contributed by atoms with Crippen LogP contribution >= 0.6 is 0 Å². The van der Waals surface area contributed by atoms with Crippen molar-refractivity contribution in [2.24, 2.45) is 0 Å². The number of hydrogen-bond donors (Lipinski definition) is 0. The maximum Gasteiger partial charge on any atom is 0.243 e. The number of fused-ring (bicyclic) bond motifs is 1. The van der Waals surface area contributed by atoms with E-state index in [0.29, 0.717) is 22.6 Å². The molecule has 0 saturated heterocycles. The third-order valence-corrected chi connectivity index (χ3v) is 5.30. The largest absolute Gasteiger partial charge is 0.497 e. The predicted molar refractivity (Wildman–Crippen MR) is 89.5 cm³/mol. The molecule has 0 amide bonds. The van der Waals surface area contributed by atoms with Gasteiger partial charge in [-0.05, 0) is 35.9 Å². The van der Waals surface area contributed by atoms with Gasteiger partial charge in [-0.3, -0.25) is 0 Å². The third-order valence-electron chi connectivity index (χ3n) is 3.68. The Balaban J connectivity index is 1.99. The second-order valence-corrected chi connectivity index (χ2v) is 6.95. The van der Waals surface area contributed by atoms with Crippen molar-refractivity contribution in [2.75, 3.05) is 14.2 Å². The van der Waals surface area contributed by atoms with Gasteiger partial charge in [0.2, 0.25) is 10.0 Å². The Bertz CT molecular complexity index is 927. The van der Waals surface area contributed by atoms with Gasteiger partial charge in [0, 0.05) is 11.6 Å². The van der Waals surface area contributed by atoms with Gasteiger partial charge in [-0.15, -0.1) is 0 Å². The molecule has 0 aliphatic carbocycles. The van der Waals surface area contributed by atoms with Crippen LogP contribution in [0.2, 0.25) is 0 Å². The summed E-state index contributed by atoms with van der Waals surface area (Å²) in [6.07, 6.45) is 1.56. The van der Waals surface area contributed by atoms with Crippen LogP contribution in [0, 0.1) is 0 Å². The Morgan fingerprint density at radius 3 is 2.35 bits per heavy atom. The molecule has 0 aliphatic heterocycles. The molecule has 0 fully saturated rings. The molecule has 0 N–H and O–H groups in total. The molecule has 5 nitrogen and oxygen atoms in total. The summed E-state index contributed by atoms with van der Waals surface area (Å²) in [7, 11) is -0.379. The highest BCUT2D eigenvalue weighted by Crippen LogP contribution is 2.28. The molecule has 3 rings (SSSR count). The molecule has 0 bridgehead atoms. The molecule has 120 valence electrons. The molecule has 2 aromatic carbocycles. The van der Waals surface area contributed by atoms with Crippen molar-refractivity contribution in [1.29, 1.82) is 0 Å². The standard InChI is InChI=1S/C17H17NO4S/c1-21-14-8-6-13(7-9-14)12-23(19,20)18-11-10-15-16(18)4-3-5-17(15)22-2/h3-11H,12H2,1-2H3. The smallest absolute Gasteiger partial charge is 0.243 e. The normalized spacial score (nSPS) is 11.6. The number of rotatable bonds is 5. The highest BCUT2D eigenvalue weighted by molar-refractivity contribution is 7.89. The first kappa shape index (κ1) is 15.4. The Kier molecular flexibility index (Phi) is 4.00. The van der Waals surface area contributed by atoms with Crippen molar-refractivity contribution in [1.82, 2.24) is 3.97 Å². The zero-order valence-electron chi connectivity index (χ0n) is 12.9. The van der Waals surface area contributed by atoms with Gasteiger partial charge >= 0.3 is 0 Å². The van der Waals surface area contributed by atoms with E-state index in [-0.39, 0.29) is 5.75 Å². The summed E-state index contributed by atoms with van der Waals surface area (Å²) in [5.41, 5.74) is 1.31. The molecule has 1 heterocycles. The van der Waals surface area contributed by atoms with E-state index >= 15 is 0 Å². The number of benzene rings is 2. The first-order valence-electron chi connectivity index (χ1n) is 7.05. The summed E-state index contributed by atoms with van der Waals surface area (Å²) < 4.78 is 37.1. The molecule has 1 aromatic heterocycles. The molecule has 3 aromatic rings. The second-order valence-electron chi connectivity index (χ2n) is 5.11. The van der Waals surface area contributed by atoms with Crippen LogP contribution in [0.4, 0.5) is 0 Å². The van der Waals surface area contributed by atoms with E-state index < -0.39 is 10.0 Å². The average Bonchev–Trinajstić information content (AvgIpc) is 3.00. The SMILES string of the molecule is COc1ccc(CS(=O)(=O)n2ccc3c(OC)cccc32)cc1. The fourth-order valence-electron chi connectivity index (χ4n) is 2.54. The van der Waals surface area contributed by atoms with Crippen molar-refractivity contribution in [3.05, 3.63) is 60.3 Å². The molecule has 0 radical (unpaired) electrons. The van der Waals surface area contributed by atoms with E-state index in [2.05, 4.69) is 0 Å². The van der Waals surface area contributed by atoms with Crippen LogP contribution in [-0.4, -0.2) is 26.6 Å². The second kappa shape index (κ2) is 5.96. The lowest BCUT2D eigenvalue weighted by Crippen LogP contribution is -2.14. The van der Waals surface area contributed by atoms with Crippen LogP contribution in [-0.2, 0) is 15.8 Å². The molecule has 0 unspecified atom stereocenters. The van der Waals surface area contributed by atoms with Gasteiger partial charge in [0.15, 0.2) is 0 Å². The zero-order chi connectivity index (χ0) is 16.4. The van der Waals surface area contributed by atoms with Crippen LogP contribution in [0.25, 0.3) is 10.9 Å². The minimum absolute atomic E-state index is 0.0853. The first-order valence-corrected chi connectivity index (χ1v) is 8.66. The van der Waals surface area contributed by atoms with Gasteiger partial charge in [-0.2, -0.15) is 0 Å². The van der Waals surface area contributed by atoms with Crippen molar-refractivity contribution >= 4 is 20.9 Å². The summed E-state index contributed by atoms with van der Waals surface area (Å²) >= 11 is 0. The van der Waals surface area contributed by atoms with E-state index in [4.69, 9.17) is 9.47 Å². The maximum atomic E-state index is 12.7. The first-order chi connectivity index (χ1) is 11.0. The molecule has 6 heteroatoms. The van der Waals surface area contributed by atoms with Crippen molar-refractivity contribution < 1.29 is 17.9 Å². The van der Waals surface area contributed by atoms with Gasteiger partial charge in [0.05, 0.1) is 25.5 Å². The maximum absolute atomic E-state index is 12.7. The highest BCUT2D eigenvalue weighted by atomic mass is 32.2. The molecular weight excluding hydrogens is 314 g/mol. The van der Waals surface area contributed by atoms with E-state index in [0.717, 1.165) is 5.39 Å². The number of nitrogens with zero attached hydrogens (tertiary/aromatic N) is 1. The van der Waals surface area contributed by atoms with Gasteiger partial charge in [-0.1, -0.05) is 18.2 Å². The van der Waals surface area contributed by atoms with Crippen molar-refractivity contribution in [3.63, 3.8) is 0 Å². The topological polar surface area (TPSA) is 57.5 Å². The van der Waals surface area contributed by atoms with Crippen LogP contribution < -0.4 is 9.47 Å². The van der Waals surface area contributed by atoms with E-state index in [1.54, 1.807) is 62.9 Å². The van der Waals surface area contributed by atoms with Crippen LogP contribution in [0.3, 0.4) is 0 Å². The zero-order valence-corrected chi connectivity index (χ0v) is 13.7. The van der Waals surface area contributed by atoms with Gasteiger partial charge in [-0.25, -0.2) is 12.4 Å². The minimum Gasteiger partial charge on any atom is -0.497 e. The van der Waals surface area contributed by atoms with Gasteiger partial charge in [0.25, 0.3) is 0 Å². The van der Waals surface area contributed by atoms with E-state index in [1.165, 1.54) is 3.97 Å². The summed E-state index contributed by atoms with van der Waals surface area (Å²) in [5.74, 6) is 1.26. The summed E-state index contributed by atoms with van der Waals surface area (Å²) in [6.45, 7) is 0. The Morgan fingerprint density at radius 1 is 0.957 bits per heavy atom. The molecule has 0 aliphatic rings. The van der Waals surface area contributed by atoms with Crippen LogP contribution in [0.5, 0.6) is 11.5 Å². The lowest BCUT2D eigenvalue weighted by Gasteiger charge is -2.09. The lowest BCUT2D eigenvalue weighted by atomic mass is 10.2.